The number of fused-ring (bicyclic) bond motifs is 2. The standard InChI is InChI=1S/C17H18FNO/c18-13-1-2-17-16(9-13)15(3-4-19-17)12-5-10-7-14(20)8-11(10)6-12/h1-4,9-12,14,20H,5-8H2/t10-,11+,12?,14?. The maximum Gasteiger partial charge on any atom is 0.123 e. The van der Waals surface area contributed by atoms with Gasteiger partial charge in [-0.3, -0.25) is 4.98 Å². The summed E-state index contributed by atoms with van der Waals surface area (Å²) in [6, 6.07) is 6.89. The van der Waals surface area contributed by atoms with Crippen LogP contribution in [0.25, 0.3) is 10.9 Å². The van der Waals surface area contributed by atoms with Gasteiger partial charge in [-0.2, -0.15) is 0 Å². The molecule has 20 heavy (non-hydrogen) atoms. The molecule has 4 rings (SSSR count). The Balaban J connectivity index is 1.71. The highest BCUT2D eigenvalue weighted by atomic mass is 19.1. The lowest BCUT2D eigenvalue weighted by Crippen LogP contribution is -2.04. The fraction of sp³-hybridized carbons (Fsp3) is 0.471. The Morgan fingerprint density at radius 1 is 1.05 bits per heavy atom. The Morgan fingerprint density at radius 2 is 1.80 bits per heavy atom. The second kappa shape index (κ2) is 4.52. The molecule has 0 radical (unpaired) electrons. The van der Waals surface area contributed by atoms with Crippen molar-refractivity contribution in [1.29, 1.82) is 0 Å². The van der Waals surface area contributed by atoms with Crippen molar-refractivity contribution in [1.82, 2.24) is 4.98 Å². The fourth-order valence-electron chi connectivity index (χ4n) is 4.33. The van der Waals surface area contributed by atoms with Crippen molar-refractivity contribution in [2.45, 2.75) is 37.7 Å². The van der Waals surface area contributed by atoms with E-state index in [0.29, 0.717) is 17.8 Å². The fourth-order valence-corrected chi connectivity index (χ4v) is 4.33. The van der Waals surface area contributed by atoms with E-state index in [2.05, 4.69) is 4.98 Å². The SMILES string of the molecule is OC1C[C@@H]2CC(c3ccnc4ccc(F)cc34)C[C@@H]2C1. The molecule has 2 aliphatic carbocycles. The summed E-state index contributed by atoms with van der Waals surface area (Å²) in [5.41, 5.74) is 2.11. The molecule has 0 aliphatic heterocycles. The minimum Gasteiger partial charge on any atom is -0.393 e. The first-order valence-corrected chi connectivity index (χ1v) is 7.43. The molecule has 104 valence electrons. The van der Waals surface area contributed by atoms with Gasteiger partial charge in [0, 0.05) is 11.6 Å². The van der Waals surface area contributed by atoms with Crippen molar-refractivity contribution in [3.05, 3.63) is 41.8 Å². The number of benzene rings is 1. The summed E-state index contributed by atoms with van der Waals surface area (Å²) >= 11 is 0. The zero-order valence-electron chi connectivity index (χ0n) is 11.3. The highest BCUT2D eigenvalue weighted by Gasteiger charge is 2.41. The van der Waals surface area contributed by atoms with Crippen LogP contribution in [-0.4, -0.2) is 16.2 Å². The quantitative estimate of drug-likeness (QED) is 0.859. The number of halogens is 1. The third kappa shape index (κ3) is 1.92. The molecule has 1 aromatic carbocycles. The number of pyridine rings is 1. The number of nitrogens with zero attached hydrogens (tertiary/aromatic N) is 1. The van der Waals surface area contributed by atoms with Crippen molar-refractivity contribution in [2.24, 2.45) is 11.8 Å². The van der Waals surface area contributed by atoms with Crippen LogP contribution in [0.5, 0.6) is 0 Å². The van der Waals surface area contributed by atoms with Gasteiger partial charge in [0.2, 0.25) is 0 Å². The van der Waals surface area contributed by atoms with E-state index in [-0.39, 0.29) is 11.9 Å². The monoisotopic (exact) mass is 271 g/mol. The van der Waals surface area contributed by atoms with Gasteiger partial charge < -0.3 is 5.11 Å². The van der Waals surface area contributed by atoms with Gasteiger partial charge in [-0.15, -0.1) is 0 Å². The van der Waals surface area contributed by atoms with Crippen LogP contribution in [0.15, 0.2) is 30.5 Å². The van der Waals surface area contributed by atoms with Gasteiger partial charge in [0.25, 0.3) is 0 Å². The molecule has 2 aliphatic rings. The maximum absolute atomic E-state index is 13.5. The summed E-state index contributed by atoms with van der Waals surface area (Å²) in [4.78, 5) is 4.33. The van der Waals surface area contributed by atoms with Crippen LogP contribution in [0.1, 0.15) is 37.2 Å². The van der Waals surface area contributed by atoms with Crippen LogP contribution in [0.2, 0.25) is 0 Å². The minimum atomic E-state index is -0.194. The molecule has 2 fully saturated rings. The number of aliphatic hydroxyl groups excluding tert-OH is 1. The normalized spacial score (nSPS) is 32.7. The van der Waals surface area contributed by atoms with E-state index in [1.54, 1.807) is 12.1 Å². The van der Waals surface area contributed by atoms with E-state index >= 15 is 0 Å². The Hall–Kier alpha value is -1.48. The third-order valence-corrected chi connectivity index (χ3v) is 5.17. The van der Waals surface area contributed by atoms with Crippen molar-refractivity contribution < 1.29 is 9.50 Å². The smallest absolute Gasteiger partial charge is 0.123 e. The van der Waals surface area contributed by atoms with Gasteiger partial charge >= 0.3 is 0 Å². The van der Waals surface area contributed by atoms with Crippen LogP contribution >= 0.6 is 0 Å². The summed E-state index contributed by atoms with van der Waals surface area (Å²) in [7, 11) is 0. The molecule has 1 aromatic heterocycles. The van der Waals surface area contributed by atoms with E-state index in [4.69, 9.17) is 0 Å². The van der Waals surface area contributed by atoms with Crippen LogP contribution in [0, 0.1) is 17.7 Å². The lowest BCUT2D eigenvalue weighted by atomic mass is 9.92. The molecule has 4 atom stereocenters. The molecule has 3 heteroatoms. The van der Waals surface area contributed by atoms with E-state index in [1.807, 2.05) is 12.3 Å². The molecule has 1 heterocycles. The highest BCUT2D eigenvalue weighted by molar-refractivity contribution is 5.82. The molecular formula is C17H18FNO. The Labute approximate surface area is 117 Å². The maximum atomic E-state index is 13.5. The zero-order chi connectivity index (χ0) is 13.7. The average molecular weight is 271 g/mol. The Morgan fingerprint density at radius 3 is 2.55 bits per heavy atom. The van der Waals surface area contributed by atoms with Crippen LogP contribution in [-0.2, 0) is 0 Å². The first-order chi connectivity index (χ1) is 9.70. The topological polar surface area (TPSA) is 33.1 Å². The highest BCUT2D eigenvalue weighted by Crippen LogP contribution is 2.51. The third-order valence-electron chi connectivity index (χ3n) is 5.17. The van der Waals surface area contributed by atoms with Gasteiger partial charge in [0.1, 0.15) is 5.82 Å². The number of aromatic nitrogens is 1. The molecular weight excluding hydrogens is 253 g/mol. The summed E-state index contributed by atoms with van der Waals surface area (Å²) in [5.74, 6) is 1.59. The van der Waals surface area contributed by atoms with Crippen molar-refractivity contribution in [2.75, 3.05) is 0 Å². The number of rotatable bonds is 1. The van der Waals surface area contributed by atoms with E-state index in [0.717, 1.165) is 36.6 Å². The van der Waals surface area contributed by atoms with Gasteiger partial charge in [0.15, 0.2) is 0 Å². The van der Waals surface area contributed by atoms with Crippen molar-refractivity contribution >= 4 is 10.9 Å². The molecule has 2 unspecified atom stereocenters. The first-order valence-electron chi connectivity index (χ1n) is 7.43. The number of hydrogen-bond acceptors (Lipinski definition) is 2. The molecule has 2 aromatic rings. The summed E-state index contributed by atoms with van der Waals surface area (Å²) in [6.07, 6.45) is 5.86. The second-order valence-electron chi connectivity index (χ2n) is 6.38. The van der Waals surface area contributed by atoms with Crippen LogP contribution < -0.4 is 0 Å². The summed E-state index contributed by atoms with van der Waals surface area (Å²) < 4.78 is 13.5. The Bertz CT molecular complexity index is 642. The van der Waals surface area contributed by atoms with Gasteiger partial charge in [-0.05, 0) is 73.3 Å². The van der Waals surface area contributed by atoms with Crippen molar-refractivity contribution in [3.8, 4) is 0 Å². The van der Waals surface area contributed by atoms with E-state index < -0.39 is 0 Å². The molecule has 2 saturated carbocycles. The van der Waals surface area contributed by atoms with Crippen LogP contribution in [0.3, 0.4) is 0 Å². The van der Waals surface area contributed by atoms with Gasteiger partial charge in [-0.25, -0.2) is 4.39 Å². The lowest BCUT2D eigenvalue weighted by Gasteiger charge is -2.15. The Kier molecular flexibility index (Phi) is 2.77. The summed E-state index contributed by atoms with van der Waals surface area (Å²) in [6.45, 7) is 0. The average Bonchev–Trinajstić information content (AvgIpc) is 2.95. The second-order valence-corrected chi connectivity index (χ2v) is 6.38. The predicted molar refractivity (Wildman–Crippen MR) is 75.9 cm³/mol. The van der Waals surface area contributed by atoms with E-state index in [9.17, 15) is 9.50 Å². The molecule has 0 bridgehead atoms. The van der Waals surface area contributed by atoms with Crippen molar-refractivity contribution in [3.63, 3.8) is 0 Å². The molecule has 0 amide bonds. The number of hydrogen-bond donors (Lipinski definition) is 1. The molecule has 1 N–H and O–H groups in total. The molecule has 2 nitrogen and oxygen atoms in total. The van der Waals surface area contributed by atoms with Crippen LogP contribution in [0.4, 0.5) is 4.39 Å². The lowest BCUT2D eigenvalue weighted by molar-refractivity contribution is 0.171. The predicted octanol–water partition coefficient (Wildman–Crippen LogP) is 3.64. The minimum absolute atomic E-state index is 0.0995. The van der Waals surface area contributed by atoms with Gasteiger partial charge in [-0.1, -0.05) is 0 Å². The number of aliphatic hydroxyl groups is 1. The van der Waals surface area contributed by atoms with E-state index in [1.165, 1.54) is 11.6 Å². The zero-order valence-corrected chi connectivity index (χ0v) is 11.3. The largest absolute Gasteiger partial charge is 0.393 e. The summed E-state index contributed by atoms with van der Waals surface area (Å²) in [5, 5.41) is 10.7. The first kappa shape index (κ1) is 12.3. The molecule has 0 saturated heterocycles. The molecule has 0 spiro atoms. The van der Waals surface area contributed by atoms with Gasteiger partial charge in [0.05, 0.1) is 11.6 Å².